The highest BCUT2D eigenvalue weighted by Gasteiger charge is 2.39. The van der Waals surface area contributed by atoms with Crippen molar-refractivity contribution >= 4 is 5.91 Å². The molecular weight excluding hydrogens is 343 g/mol. The van der Waals surface area contributed by atoms with Crippen LogP contribution >= 0.6 is 0 Å². The highest BCUT2D eigenvalue weighted by molar-refractivity contribution is 5.83. The van der Waals surface area contributed by atoms with Crippen LogP contribution in [0.25, 0.3) is 11.1 Å². The second-order valence-electron chi connectivity index (χ2n) is 8.12. The third kappa shape index (κ3) is 3.63. The number of hydrogen-bond donors (Lipinski definition) is 2. The average Bonchev–Trinajstić information content (AvgIpc) is 3.18. The molecule has 0 spiro atoms. The van der Waals surface area contributed by atoms with Gasteiger partial charge in [-0.25, -0.2) is 4.39 Å². The van der Waals surface area contributed by atoms with Crippen molar-refractivity contribution in [1.29, 1.82) is 0 Å². The van der Waals surface area contributed by atoms with E-state index >= 15 is 0 Å². The summed E-state index contributed by atoms with van der Waals surface area (Å²) < 4.78 is 13.6. The molecule has 1 atom stereocenters. The number of hydrogen-bond acceptors (Lipinski definition) is 3. The molecule has 0 aliphatic carbocycles. The van der Waals surface area contributed by atoms with Gasteiger partial charge < -0.3 is 10.2 Å². The molecule has 144 valence electrons. The molecule has 0 unspecified atom stereocenters. The van der Waals surface area contributed by atoms with Gasteiger partial charge in [-0.05, 0) is 56.8 Å². The van der Waals surface area contributed by atoms with Crippen LogP contribution in [-0.4, -0.2) is 47.2 Å². The molecule has 6 heteroatoms. The second-order valence-corrected chi connectivity index (χ2v) is 8.12. The first-order chi connectivity index (χ1) is 13.1. The number of halogens is 1. The highest BCUT2D eigenvalue weighted by Crippen LogP contribution is 2.36. The largest absolute Gasteiger partial charge is 0.342 e. The zero-order chi connectivity index (χ0) is 18.9. The summed E-state index contributed by atoms with van der Waals surface area (Å²) in [6, 6.07) is 6.63. The number of aromatic amines is 1. The van der Waals surface area contributed by atoms with E-state index in [0.717, 1.165) is 68.7 Å². The van der Waals surface area contributed by atoms with Crippen LogP contribution in [0.15, 0.2) is 30.5 Å². The maximum Gasteiger partial charge on any atom is 0.229 e. The summed E-state index contributed by atoms with van der Waals surface area (Å²) in [4.78, 5) is 15.0. The van der Waals surface area contributed by atoms with Crippen molar-refractivity contribution in [2.75, 3.05) is 26.2 Å². The summed E-state index contributed by atoms with van der Waals surface area (Å²) in [5, 5.41) is 10.7. The number of benzene rings is 1. The van der Waals surface area contributed by atoms with Gasteiger partial charge in [0.1, 0.15) is 5.82 Å². The third-order valence-electron chi connectivity index (χ3n) is 6.11. The Morgan fingerprint density at radius 3 is 2.85 bits per heavy atom. The molecule has 0 saturated carbocycles. The standard InChI is InChI=1S/C21H27FN4O/c1-21(8-3-9-23-14-21)20(27)26-10-6-15(7-11-26)19-18(13-24-25-19)16-4-2-5-17(22)12-16/h2,4-5,12-13,15,23H,3,6-11,14H2,1H3,(H,24,25)/t21-/m1/s1. The summed E-state index contributed by atoms with van der Waals surface area (Å²) in [5.74, 6) is 0.352. The topological polar surface area (TPSA) is 61.0 Å². The Morgan fingerprint density at radius 2 is 2.15 bits per heavy atom. The number of carbonyl (C=O) groups is 1. The lowest BCUT2D eigenvalue weighted by atomic mass is 9.80. The predicted molar refractivity (Wildman–Crippen MR) is 103 cm³/mol. The van der Waals surface area contributed by atoms with E-state index in [4.69, 9.17) is 0 Å². The van der Waals surface area contributed by atoms with Gasteiger partial charge in [-0.15, -0.1) is 0 Å². The summed E-state index contributed by atoms with van der Waals surface area (Å²) in [6.07, 6.45) is 5.60. The fourth-order valence-electron chi connectivity index (χ4n) is 4.49. The van der Waals surface area contributed by atoms with Crippen molar-refractivity contribution in [2.24, 2.45) is 5.41 Å². The molecule has 5 nitrogen and oxygen atoms in total. The Kier molecular flexibility index (Phi) is 5.00. The van der Waals surface area contributed by atoms with Crippen LogP contribution in [0, 0.1) is 11.2 Å². The Hall–Kier alpha value is -2.21. The maximum atomic E-state index is 13.6. The molecule has 4 rings (SSSR count). The minimum absolute atomic E-state index is 0.241. The van der Waals surface area contributed by atoms with Crippen molar-refractivity contribution in [3.8, 4) is 11.1 Å². The summed E-state index contributed by atoms with van der Waals surface area (Å²) >= 11 is 0. The first-order valence-corrected chi connectivity index (χ1v) is 9.86. The van der Waals surface area contributed by atoms with Crippen molar-refractivity contribution in [1.82, 2.24) is 20.4 Å². The predicted octanol–water partition coefficient (Wildman–Crippen LogP) is 3.31. The molecule has 2 N–H and O–H groups in total. The van der Waals surface area contributed by atoms with Gasteiger partial charge in [-0.3, -0.25) is 9.89 Å². The Labute approximate surface area is 159 Å². The molecule has 1 amide bonds. The third-order valence-corrected chi connectivity index (χ3v) is 6.11. The van der Waals surface area contributed by atoms with Crippen molar-refractivity contribution < 1.29 is 9.18 Å². The van der Waals surface area contributed by atoms with Crippen LogP contribution in [-0.2, 0) is 4.79 Å². The van der Waals surface area contributed by atoms with Gasteiger partial charge in [-0.1, -0.05) is 12.1 Å². The van der Waals surface area contributed by atoms with Gasteiger partial charge in [-0.2, -0.15) is 5.10 Å². The SMILES string of the molecule is C[C@@]1(C(=O)N2CCC(c3[nH]ncc3-c3cccc(F)c3)CC2)CCCNC1. The first kappa shape index (κ1) is 18.2. The van der Waals surface area contributed by atoms with E-state index in [1.807, 2.05) is 11.0 Å². The average molecular weight is 370 g/mol. The van der Waals surface area contributed by atoms with Crippen LogP contribution in [0.5, 0.6) is 0 Å². The van der Waals surface area contributed by atoms with Gasteiger partial charge in [0.25, 0.3) is 0 Å². The molecular formula is C21H27FN4O. The molecule has 2 saturated heterocycles. The van der Waals surface area contributed by atoms with Gasteiger partial charge in [0, 0.05) is 36.8 Å². The van der Waals surface area contributed by atoms with Gasteiger partial charge in [0.05, 0.1) is 11.6 Å². The molecule has 1 aromatic heterocycles. The molecule has 2 aliphatic heterocycles. The lowest BCUT2D eigenvalue weighted by Crippen LogP contribution is -2.52. The maximum absolute atomic E-state index is 13.6. The lowest BCUT2D eigenvalue weighted by molar-refractivity contribution is -0.143. The number of nitrogens with one attached hydrogen (secondary N) is 2. The molecule has 27 heavy (non-hydrogen) atoms. The number of rotatable bonds is 3. The Bertz CT molecular complexity index is 804. The molecule has 0 bridgehead atoms. The number of piperidine rings is 2. The first-order valence-electron chi connectivity index (χ1n) is 9.86. The highest BCUT2D eigenvalue weighted by atomic mass is 19.1. The van der Waals surface area contributed by atoms with Crippen LogP contribution in [0.1, 0.15) is 44.2 Å². The van der Waals surface area contributed by atoms with Gasteiger partial charge in [0.2, 0.25) is 5.91 Å². The van der Waals surface area contributed by atoms with Gasteiger partial charge in [0.15, 0.2) is 0 Å². The minimum atomic E-state index is -0.272. The van der Waals surface area contributed by atoms with Gasteiger partial charge >= 0.3 is 0 Å². The summed E-state index contributed by atoms with van der Waals surface area (Å²) in [6.45, 7) is 5.40. The Balaban J connectivity index is 1.44. The van der Waals surface area contributed by atoms with E-state index in [2.05, 4.69) is 22.4 Å². The quantitative estimate of drug-likeness (QED) is 0.871. The van der Waals surface area contributed by atoms with E-state index in [9.17, 15) is 9.18 Å². The van der Waals surface area contributed by atoms with E-state index in [1.165, 1.54) is 6.07 Å². The zero-order valence-electron chi connectivity index (χ0n) is 15.8. The molecule has 3 heterocycles. The lowest BCUT2D eigenvalue weighted by Gasteiger charge is -2.40. The second kappa shape index (κ2) is 7.43. The zero-order valence-corrected chi connectivity index (χ0v) is 15.8. The number of H-pyrrole nitrogens is 1. The number of likely N-dealkylation sites (tertiary alicyclic amines) is 1. The van der Waals surface area contributed by atoms with Crippen LogP contribution < -0.4 is 5.32 Å². The van der Waals surface area contributed by atoms with E-state index in [0.29, 0.717) is 5.92 Å². The van der Waals surface area contributed by atoms with E-state index in [-0.39, 0.29) is 17.1 Å². The van der Waals surface area contributed by atoms with E-state index in [1.54, 1.807) is 18.3 Å². The molecule has 2 aliphatic rings. The fourth-order valence-corrected chi connectivity index (χ4v) is 4.49. The van der Waals surface area contributed by atoms with Crippen LogP contribution in [0.2, 0.25) is 0 Å². The number of amides is 1. The molecule has 2 fully saturated rings. The fraction of sp³-hybridized carbons (Fsp3) is 0.524. The minimum Gasteiger partial charge on any atom is -0.342 e. The van der Waals surface area contributed by atoms with E-state index < -0.39 is 0 Å². The molecule has 1 aromatic carbocycles. The summed E-state index contributed by atoms with van der Waals surface area (Å²) in [5.41, 5.74) is 2.59. The van der Waals surface area contributed by atoms with Crippen LogP contribution in [0.3, 0.4) is 0 Å². The Morgan fingerprint density at radius 1 is 1.33 bits per heavy atom. The van der Waals surface area contributed by atoms with Crippen molar-refractivity contribution in [2.45, 2.75) is 38.5 Å². The number of aromatic nitrogens is 2. The molecule has 0 radical (unpaired) electrons. The van der Waals surface area contributed by atoms with Crippen molar-refractivity contribution in [3.63, 3.8) is 0 Å². The normalized spacial score (nSPS) is 24.1. The summed E-state index contributed by atoms with van der Waals surface area (Å²) in [7, 11) is 0. The number of carbonyl (C=O) groups excluding carboxylic acids is 1. The molecule has 2 aromatic rings. The monoisotopic (exact) mass is 370 g/mol. The van der Waals surface area contributed by atoms with Crippen LogP contribution in [0.4, 0.5) is 4.39 Å². The van der Waals surface area contributed by atoms with Crippen molar-refractivity contribution in [3.05, 3.63) is 42.0 Å². The smallest absolute Gasteiger partial charge is 0.229 e. The number of nitrogens with zero attached hydrogens (tertiary/aromatic N) is 2.